The zero-order valence-corrected chi connectivity index (χ0v) is 15.7. The monoisotopic (exact) mass is 369 g/mol. The summed E-state index contributed by atoms with van der Waals surface area (Å²) in [5.41, 5.74) is 2.86. The first kappa shape index (κ1) is 16.8. The number of benzene rings is 1. The maximum atomic E-state index is 11.5. The Morgan fingerprint density at radius 1 is 1.31 bits per heavy atom. The van der Waals surface area contributed by atoms with Crippen LogP contribution in [0.4, 0.5) is 5.82 Å². The summed E-state index contributed by atoms with van der Waals surface area (Å²) in [4.78, 5) is 24.6. The third-order valence-corrected chi connectivity index (χ3v) is 5.40. The van der Waals surface area contributed by atoms with Crippen LogP contribution in [0.2, 0.25) is 5.02 Å². The van der Waals surface area contributed by atoms with Crippen molar-refractivity contribution in [3.05, 3.63) is 41.6 Å². The number of halogens is 1. The summed E-state index contributed by atoms with van der Waals surface area (Å²) in [6.45, 7) is 3.13. The molecule has 6 nitrogen and oxygen atoms in total. The lowest BCUT2D eigenvalue weighted by atomic mass is 10.1. The second-order valence-electron chi connectivity index (χ2n) is 6.69. The molecule has 0 aliphatic carbocycles. The number of pyridine rings is 1. The van der Waals surface area contributed by atoms with E-state index in [9.17, 15) is 4.79 Å². The molecule has 0 unspecified atom stereocenters. The van der Waals surface area contributed by atoms with Gasteiger partial charge in [0.25, 0.3) is 0 Å². The van der Waals surface area contributed by atoms with Gasteiger partial charge in [-0.05, 0) is 18.2 Å². The molecule has 1 amide bonds. The number of carbonyl (C=O) groups is 1. The van der Waals surface area contributed by atoms with Gasteiger partial charge in [-0.25, -0.2) is 9.97 Å². The van der Waals surface area contributed by atoms with Crippen molar-refractivity contribution in [2.45, 2.75) is 13.0 Å². The number of anilines is 1. The normalized spacial score (nSPS) is 14.5. The maximum Gasteiger partial charge on any atom is 0.219 e. The number of likely N-dealkylation sites (N-methyl/N-ethyl adjacent to an activating group) is 1. The minimum absolute atomic E-state index is 0.0825. The Kier molecular flexibility index (Phi) is 4.07. The molecule has 0 spiro atoms. The lowest BCUT2D eigenvalue weighted by Gasteiger charge is -2.44. The van der Waals surface area contributed by atoms with Gasteiger partial charge < -0.3 is 14.4 Å². The first-order valence-corrected chi connectivity index (χ1v) is 8.89. The number of para-hydroxylation sites is 2. The van der Waals surface area contributed by atoms with E-state index in [-0.39, 0.29) is 11.9 Å². The van der Waals surface area contributed by atoms with Gasteiger partial charge in [-0.1, -0.05) is 23.7 Å². The Hall–Kier alpha value is -2.60. The fraction of sp³-hybridized carbons (Fsp3) is 0.316. The van der Waals surface area contributed by atoms with Crippen LogP contribution in [0.25, 0.3) is 22.4 Å². The number of rotatable bonds is 3. The van der Waals surface area contributed by atoms with Gasteiger partial charge in [0.2, 0.25) is 5.91 Å². The molecule has 3 heterocycles. The van der Waals surface area contributed by atoms with E-state index in [4.69, 9.17) is 16.6 Å². The molecular formula is C19H20ClN5O. The number of aromatic nitrogens is 3. The topological polar surface area (TPSA) is 54.3 Å². The molecule has 1 saturated heterocycles. The average Bonchev–Trinajstić information content (AvgIpc) is 2.92. The standard InChI is InChI=1S/C19H20ClN5O/c1-12(26)23(2)13-10-25(11-13)18-8-14(15(20)9-21-18)19-22-16-6-4-5-7-17(16)24(19)3/h4-9,13H,10-11H2,1-3H3. The van der Waals surface area contributed by atoms with Crippen molar-refractivity contribution < 1.29 is 4.79 Å². The second kappa shape index (κ2) is 6.29. The van der Waals surface area contributed by atoms with Crippen LogP contribution in [0.15, 0.2) is 36.5 Å². The Balaban J connectivity index is 1.65. The van der Waals surface area contributed by atoms with Gasteiger partial charge >= 0.3 is 0 Å². The predicted molar refractivity (Wildman–Crippen MR) is 103 cm³/mol. The SMILES string of the molecule is CC(=O)N(C)C1CN(c2cc(-c3nc4ccccc4n3C)c(Cl)cn2)C1. The lowest BCUT2D eigenvalue weighted by Crippen LogP contribution is -2.59. The van der Waals surface area contributed by atoms with Crippen LogP contribution in [0.3, 0.4) is 0 Å². The van der Waals surface area contributed by atoms with Crippen LogP contribution in [0.1, 0.15) is 6.92 Å². The van der Waals surface area contributed by atoms with E-state index < -0.39 is 0 Å². The quantitative estimate of drug-likeness (QED) is 0.712. The van der Waals surface area contributed by atoms with E-state index in [1.54, 1.807) is 18.0 Å². The molecule has 2 aromatic heterocycles. The zero-order chi connectivity index (χ0) is 18.4. The summed E-state index contributed by atoms with van der Waals surface area (Å²) in [5.74, 6) is 1.75. The second-order valence-corrected chi connectivity index (χ2v) is 7.10. The van der Waals surface area contributed by atoms with Gasteiger partial charge in [-0.2, -0.15) is 0 Å². The van der Waals surface area contributed by atoms with Gasteiger partial charge in [-0.15, -0.1) is 0 Å². The highest BCUT2D eigenvalue weighted by atomic mass is 35.5. The van der Waals surface area contributed by atoms with Crippen LogP contribution in [0.5, 0.6) is 0 Å². The number of hydrogen-bond donors (Lipinski definition) is 0. The van der Waals surface area contributed by atoms with Gasteiger partial charge in [0, 0.05) is 45.9 Å². The van der Waals surface area contributed by atoms with E-state index in [0.29, 0.717) is 5.02 Å². The molecular weight excluding hydrogens is 350 g/mol. The Morgan fingerprint density at radius 3 is 2.73 bits per heavy atom. The van der Waals surface area contributed by atoms with Crippen molar-refractivity contribution in [2.75, 3.05) is 25.0 Å². The first-order valence-electron chi connectivity index (χ1n) is 8.51. The Morgan fingerprint density at radius 2 is 2.04 bits per heavy atom. The van der Waals surface area contributed by atoms with Gasteiger partial charge in [0.1, 0.15) is 11.6 Å². The highest BCUT2D eigenvalue weighted by Crippen LogP contribution is 2.33. The number of amides is 1. The van der Waals surface area contributed by atoms with Gasteiger partial charge in [-0.3, -0.25) is 4.79 Å². The summed E-state index contributed by atoms with van der Waals surface area (Å²) in [6.07, 6.45) is 1.67. The molecule has 3 aromatic rings. The van der Waals surface area contributed by atoms with E-state index in [1.807, 2.05) is 49.0 Å². The van der Waals surface area contributed by atoms with Crippen molar-refractivity contribution in [3.8, 4) is 11.4 Å². The van der Waals surface area contributed by atoms with Crippen LogP contribution in [-0.4, -0.2) is 51.5 Å². The largest absolute Gasteiger partial charge is 0.352 e. The summed E-state index contributed by atoms with van der Waals surface area (Å²) in [6, 6.07) is 10.2. The lowest BCUT2D eigenvalue weighted by molar-refractivity contribution is -0.130. The van der Waals surface area contributed by atoms with Gasteiger partial charge in [0.05, 0.1) is 22.1 Å². The average molecular weight is 370 g/mol. The van der Waals surface area contributed by atoms with Crippen LogP contribution in [-0.2, 0) is 11.8 Å². The van der Waals surface area contributed by atoms with Crippen LogP contribution >= 0.6 is 11.6 Å². The van der Waals surface area contributed by atoms with Crippen molar-refractivity contribution in [2.24, 2.45) is 7.05 Å². The Labute approximate surface area is 157 Å². The molecule has 1 aliphatic rings. The smallest absolute Gasteiger partial charge is 0.219 e. The molecule has 4 rings (SSSR count). The Bertz CT molecular complexity index is 993. The third-order valence-electron chi connectivity index (χ3n) is 5.10. The first-order chi connectivity index (χ1) is 12.5. The van der Waals surface area contributed by atoms with E-state index >= 15 is 0 Å². The molecule has 7 heteroatoms. The van der Waals surface area contributed by atoms with Crippen molar-refractivity contribution in [1.82, 2.24) is 19.4 Å². The number of carbonyl (C=O) groups excluding carboxylic acids is 1. The number of aryl methyl sites for hydroxylation is 1. The van der Waals surface area contributed by atoms with Crippen LogP contribution < -0.4 is 4.90 Å². The summed E-state index contributed by atoms with van der Waals surface area (Å²) in [5, 5.41) is 0.574. The van der Waals surface area contributed by atoms with E-state index in [0.717, 1.165) is 41.3 Å². The minimum atomic E-state index is 0.0825. The summed E-state index contributed by atoms with van der Waals surface area (Å²) in [7, 11) is 3.83. The van der Waals surface area contributed by atoms with Crippen LogP contribution in [0, 0.1) is 0 Å². The van der Waals surface area contributed by atoms with E-state index in [1.165, 1.54) is 0 Å². The molecule has 1 aromatic carbocycles. The molecule has 0 atom stereocenters. The minimum Gasteiger partial charge on any atom is -0.352 e. The maximum absolute atomic E-state index is 11.5. The number of hydrogen-bond acceptors (Lipinski definition) is 4. The molecule has 0 N–H and O–H groups in total. The highest BCUT2D eigenvalue weighted by Gasteiger charge is 2.32. The van der Waals surface area contributed by atoms with Crippen molar-refractivity contribution in [3.63, 3.8) is 0 Å². The van der Waals surface area contributed by atoms with Crippen molar-refractivity contribution >= 4 is 34.4 Å². The highest BCUT2D eigenvalue weighted by molar-refractivity contribution is 6.33. The summed E-state index contributed by atoms with van der Waals surface area (Å²) >= 11 is 6.43. The van der Waals surface area contributed by atoms with Gasteiger partial charge in [0.15, 0.2) is 0 Å². The molecule has 0 radical (unpaired) electrons. The number of nitrogens with zero attached hydrogens (tertiary/aromatic N) is 5. The fourth-order valence-corrected chi connectivity index (χ4v) is 3.49. The van der Waals surface area contributed by atoms with E-state index in [2.05, 4.69) is 9.88 Å². The molecule has 134 valence electrons. The fourth-order valence-electron chi connectivity index (χ4n) is 3.30. The summed E-state index contributed by atoms with van der Waals surface area (Å²) < 4.78 is 2.04. The number of imidazole rings is 1. The molecule has 0 saturated carbocycles. The molecule has 1 aliphatic heterocycles. The van der Waals surface area contributed by atoms with Crippen molar-refractivity contribution in [1.29, 1.82) is 0 Å². The third kappa shape index (κ3) is 2.70. The molecule has 26 heavy (non-hydrogen) atoms. The predicted octanol–water partition coefficient (Wildman–Crippen LogP) is 2.96. The molecule has 0 bridgehead atoms. The number of fused-ring (bicyclic) bond motifs is 1. The molecule has 1 fully saturated rings. The zero-order valence-electron chi connectivity index (χ0n) is 15.0.